The first-order valence-electron chi connectivity index (χ1n) is 7.10. The van der Waals surface area contributed by atoms with E-state index in [0.717, 1.165) is 25.9 Å². The Bertz CT molecular complexity index is 271. The molecular weight excluding hydrogens is 260 g/mol. The molecule has 0 unspecified atom stereocenters. The smallest absolute Gasteiger partial charge is 0.319 e. The van der Waals surface area contributed by atoms with Crippen molar-refractivity contribution in [3.8, 4) is 0 Å². The highest BCUT2D eigenvalue weighted by atomic mass is 16.5. The van der Waals surface area contributed by atoms with E-state index in [0.29, 0.717) is 25.7 Å². The van der Waals surface area contributed by atoms with Gasteiger partial charge in [-0.3, -0.25) is 9.59 Å². The van der Waals surface area contributed by atoms with Gasteiger partial charge in [0.05, 0.1) is 13.2 Å². The van der Waals surface area contributed by atoms with Gasteiger partial charge in [0.2, 0.25) is 0 Å². The van der Waals surface area contributed by atoms with Gasteiger partial charge in [-0.1, -0.05) is 0 Å². The van der Waals surface area contributed by atoms with Gasteiger partial charge >= 0.3 is 5.97 Å². The zero-order valence-corrected chi connectivity index (χ0v) is 13.0. The molecule has 0 aromatic rings. The molecule has 6 heteroatoms. The van der Waals surface area contributed by atoms with Crippen LogP contribution >= 0.6 is 0 Å². The normalized spacial score (nSPS) is 15.8. The predicted octanol–water partition coefficient (Wildman–Crippen LogP) is 0.849. The Hall–Kier alpha value is -1.14. The second-order valence-electron chi connectivity index (χ2n) is 5.54. The van der Waals surface area contributed by atoms with Crippen molar-refractivity contribution < 1.29 is 19.1 Å². The van der Waals surface area contributed by atoms with E-state index < -0.39 is 0 Å². The number of hydrogen-bond acceptors (Lipinski definition) is 6. The standard InChI is InChI=1S/C9H18N2O2.C5H10O2/c1-2-13-9(12)7-11-8-3-5-10-6-4-8;1-5(2,3)7-4-6/h8,10-11H,2-7H2,1H3;4H,1-3H3. The van der Waals surface area contributed by atoms with E-state index in [-0.39, 0.29) is 11.6 Å². The Labute approximate surface area is 121 Å². The van der Waals surface area contributed by atoms with E-state index in [1.165, 1.54) is 0 Å². The van der Waals surface area contributed by atoms with Crippen LogP contribution in [0.15, 0.2) is 0 Å². The Morgan fingerprint density at radius 1 is 1.35 bits per heavy atom. The van der Waals surface area contributed by atoms with Crippen LogP contribution in [0.5, 0.6) is 0 Å². The fourth-order valence-corrected chi connectivity index (χ4v) is 1.61. The fourth-order valence-electron chi connectivity index (χ4n) is 1.61. The van der Waals surface area contributed by atoms with E-state index in [1.54, 1.807) is 0 Å². The number of hydrogen-bond donors (Lipinski definition) is 2. The molecule has 0 amide bonds. The highest BCUT2D eigenvalue weighted by molar-refractivity contribution is 5.71. The van der Waals surface area contributed by atoms with Crippen LogP contribution in [0.25, 0.3) is 0 Å². The Kier molecular flexibility index (Phi) is 10.0. The topological polar surface area (TPSA) is 76.7 Å². The number of carbonyl (C=O) groups is 2. The van der Waals surface area contributed by atoms with Gasteiger partial charge in [-0.25, -0.2) is 0 Å². The van der Waals surface area contributed by atoms with Crippen molar-refractivity contribution in [2.24, 2.45) is 0 Å². The predicted molar refractivity (Wildman–Crippen MR) is 77.4 cm³/mol. The molecule has 0 aromatic carbocycles. The maximum Gasteiger partial charge on any atom is 0.319 e. The minimum Gasteiger partial charge on any atom is -0.465 e. The average molecular weight is 288 g/mol. The van der Waals surface area contributed by atoms with Gasteiger partial charge in [-0.15, -0.1) is 0 Å². The molecule has 0 bridgehead atoms. The molecule has 0 radical (unpaired) electrons. The SMILES string of the molecule is CC(C)(C)OC=O.CCOC(=O)CNC1CCNCC1. The van der Waals surface area contributed by atoms with Crippen LogP contribution in [0.4, 0.5) is 0 Å². The van der Waals surface area contributed by atoms with Crippen LogP contribution in [-0.4, -0.2) is 50.3 Å². The molecule has 0 aromatic heterocycles. The second-order valence-corrected chi connectivity index (χ2v) is 5.54. The molecule has 1 heterocycles. The summed E-state index contributed by atoms with van der Waals surface area (Å²) in [5, 5.41) is 6.46. The number of nitrogens with one attached hydrogen (secondary N) is 2. The summed E-state index contributed by atoms with van der Waals surface area (Å²) >= 11 is 0. The number of rotatable bonds is 5. The van der Waals surface area contributed by atoms with E-state index in [4.69, 9.17) is 4.74 Å². The molecule has 6 nitrogen and oxygen atoms in total. The van der Waals surface area contributed by atoms with Gasteiger partial charge in [-0.2, -0.15) is 0 Å². The minimum atomic E-state index is -0.318. The summed E-state index contributed by atoms with van der Waals surface area (Å²) in [6.45, 7) is 10.6. The molecule has 1 rings (SSSR count). The Balaban J connectivity index is 0.000000441. The lowest BCUT2D eigenvalue weighted by Crippen LogP contribution is -2.42. The van der Waals surface area contributed by atoms with Crippen LogP contribution in [0, 0.1) is 0 Å². The van der Waals surface area contributed by atoms with E-state index in [2.05, 4.69) is 15.4 Å². The van der Waals surface area contributed by atoms with E-state index in [9.17, 15) is 9.59 Å². The highest BCUT2D eigenvalue weighted by Gasteiger charge is 2.13. The summed E-state index contributed by atoms with van der Waals surface area (Å²) in [5.74, 6) is -0.152. The van der Waals surface area contributed by atoms with Crippen molar-refractivity contribution in [1.29, 1.82) is 0 Å². The number of carbonyl (C=O) groups excluding carboxylic acids is 2. The van der Waals surface area contributed by atoms with Gasteiger partial charge in [0.15, 0.2) is 0 Å². The van der Waals surface area contributed by atoms with Gasteiger partial charge in [0.25, 0.3) is 6.47 Å². The fraction of sp³-hybridized carbons (Fsp3) is 0.857. The minimum absolute atomic E-state index is 0.152. The molecule has 20 heavy (non-hydrogen) atoms. The number of piperidine rings is 1. The Morgan fingerprint density at radius 3 is 2.35 bits per heavy atom. The summed E-state index contributed by atoms with van der Waals surface area (Å²) in [4.78, 5) is 20.6. The third kappa shape index (κ3) is 11.9. The Morgan fingerprint density at radius 2 is 1.95 bits per heavy atom. The molecule has 1 aliphatic heterocycles. The lowest BCUT2D eigenvalue weighted by atomic mass is 10.1. The summed E-state index contributed by atoms with van der Waals surface area (Å²) < 4.78 is 9.36. The maximum absolute atomic E-state index is 11.0. The molecule has 1 aliphatic rings. The van der Waals surface area contributed by atoms with Gasteiger partial charge in [0, 0.05) is 6.04 Å². The molecule has 1 saturated heterocycles. The molecular formula is C14H28N2O4. The van der Waals surface area contributed by atoms with Crippen molar-refractivity contribution in [2.45, 2.75) is 52.2 Å². The van der Waals surface area contributed by atoms with Crippen LogP contribution in [0.2, 0.25) is 0 Å². The highest BCUT2D eigenvalue weighted by Crippen LogP contribution is 2.02. The zero-order valence-electron chi connectivity index (χ0n) is 13.0. The number of esters is 1. The van der Waals surface area contributed by atoms with Gasteiger partial charge < -0.3 is 20.1 Å². The zero-order chi connectivity index (χ0) is 15.4. The molecule has 0 saturated carbocycles. The van der Waals surface area contributed by atoms with E-state index in [1.807, 2.05) is 27.7 Å². The summed E-state index contributed by atoms with van der Waals surface area (Å²) in [6.07, 6.45) is 2.19. The van der Waals surface area contributed by atoms with E-state index >= 15 is 0 Å². The molecule has 118 valence electrons. The van der Waals surface area contributed by atoms with Crippen molar-refractivity contribution in [3.63, 3.8) is 0 Å². The van der Waals surface area contributed by atoms with Crippen molar-refractivity contribution in [2.75, 3.05) is 26.2 Å². The first-order chi connectivity index (χ1) is 9.39. The van der Waals surface area contributed by atoms with Crippen molar-refractivity contribution >= 4 is 12.4 Å². The van der Waals surface area contributed by atoms with Crippen molar-refractivity contribution in [3.05, 3.63) is 0 Å². The lowest BCUT2D eigenvalue weighted by Gasteiger charge is -2.23. The summed E-state index contributed by atoms with van der Waals surface area (Å²) in [7, 11) is 0. The van der Waals surface area contributed by atoms with Crippen LogP contribution in [0.1, 0.15) is 40.5 Å². The van der Waals surface area contributed by atoms with Crippen LogP contribution in [0.3, 0.4) is 0 Å². The molecule has 1 fully saturated rings. The monoisotopic (exact) mass is 288 g/mol. The summed E-state index contributed by atoms with van der Waals surface area (Å²) in [5.41, 5.74) is -0.318. The third-order valence-electron chi connectivity index (χ3n) is 2.58. The molecule has 2 N–H and O–H groups in total. The first-order valence-corrected chi connectivity index (χ1v) is 7.10. The second kappa shape index (κ2) is 10.6. The summed E-state index contributed by atoms with van der Waals surface area (Å²) in [6, 6.07) is 0.477. The third-order valence-corrected chi connectivity index (χ3v) is 2.58. The maximum atomic E-state index is 11.0. The van der Waals surface area contributed by atoms with Gasteiger partial charge in [0.1, 0.15) is 5.60 Å². The molecule has 0 aliphatic carbocycles. The van der Waals surface area contributed by atoms with Crippen LogP contribution < -0.4 is 10.6 Å². The van der Waals surface area contributed by atoms with Gasteiger partial charge in [-0.05, 0) is 53.6 Å². The lowest BCUT2D eigenvalue weighted by molar-refractivity contribution is -0.142. The first kappa shape index (κ1) is 18.9. The quantitative estimate of drug-likeness (QED) is 0.577. The van der Waals surface area contributed by atoms with Crippen LogP contribution in [-0.2, 0) is 19.1 Å². The molecule has 0 atom stereocenters. The average Bonchev–Trinajstić information content (AvgIpc) is 2.37. The molecule has 0 spiro atoms. The number of ether oxygens (including phenoxy) is 2. The van der Waals surface area contributed by atoms with Crippen molar-refractivity contribution in [1.82, 2.24) is 10.6 Å². The largest absolute Gasteiger partial charge is 0.465 e.